The molecular formula is C21H24N4O. The fourth-order valence-electron chi connectivity index (χ4n) is 4.17. The lowest BCUT2D eigenvalue weighted by Crippen LogP contribution is -2.44. The lowest BCUT2D eigenvalue weighted by molar-refractivity contribution is -0.133. The summed E-state index contributed by atoms with van der Waals surface area (Å²) in [4.78, 5) is 19.1. The summed E-state index contributed by atoms with van der Waals surface area (Å²) in [5.74, 6) is 0.876. The maximum absolute atomic E-state index is 12.7. The molecule has 1 unspecified atom stereocenters. The Bertz CT molecular complexity index is 897. The number of amides is 1. The summed E-state index contributed by atoms with van der Waals surface area (Å²) in [6.45, 7) is 3.72. The maximum Gasteiger partial charge on any atom is 0.224 e. The van der Waals surface area contributed by atoms with Gasteiger partial charge in [0.05, 0.1) is 11.1 Å². The van der Waals surface area contributed by atoms with Gasteiger partial charge in [-0.1, -0.05) is 19.1 Å². The second-order valence-electron chi connectivity index (χ2n) is 8.09. The van der Waals surface area contributed by atoms with Crippen LogP contribution in [0.2, 0.25) is 0 Å². The molecule has 0 spiro atoms. The molecule has 1 aliphatic carbocycles. The summed E-state index contributed by atoms with van der Waals surface area (Å²) in [7, 11) is 0. The van der Waals surface area contributed by atoms with Crippen molar-refractivity contribution in [2.24, 2.45) is 11.7 Å². The van der Waals surface area contributed by atoms with Gasteiger partial charge >= 0.3 is 0 Å². The van der Waals surface area contributed by atoms with Gasteiger partial charge in [-0.3, -0.25) is 9.78 Å². The first-order valence-corrected chi connectivity index (χ1v) is 9.33. The minimum atomic E-state index is -0.252. The molecule has 2 aliphatic rings. The third-order valence-electron chi connectivity index (χ3n) is 5.77. The number of hydrogen-bond donors (Lipinski definition) is 1. The van der Waals surface area contributed by atoms with E-state index in [0.29, 0.717) is 17.9 Å². The minimum Gasteiger partial charge on any atom is -0.342 e. The molecule has 1 saturated heterocycles. The number of nitriles is 1. The van der Waals surface area contributed by atoms with Gasteiger partial charge in [0.15, 0.2) is 0 Å². The number of aromatic nitrogens is 1. The van der Waals surface area contributed by atoms with Crippen LogP contribution in [0.25, 0.3) is 10.9 Å². The topological polar surface area (TPSA) is 83.0 Å². The van der Waals surface area contributed by atoms with Crippen molar-refractivity contribution < 1.29 is 4.79 Å². The Kier molecular flexibility index (Phi) is 4.16. The standard InChI is InChI=1S/C21H24N4O/c1-14-9-16(13-25(12-14)19(26)10-21(23)6-7-21)17-5-4-15(11-22)20-18(17)3-2-8-24-20/h2-5,8,14,16H,6-7,9-10,12-13,23H2,1H3/t14-,16?/m0/s1. The highest BCUT2D eigenvalue weighted by molar-refractivity contribution is 5.87. The summed E-state index contributed by atoms with van der Waals surface area (Å²) in [5, 5.41) is 10.4. The van der Waals surface area contributed by atoms with Crippen LogP contribution >= 0.6 is 0 Å². The van der Waals surface area contributed by atoms with Crippen molar-refractivity contribution in [3.63, 3.8) is 0 Å². The summed E-state index contributed by atoms with van der Waals surface area (Å²) in [6.07, 6.45) is 5.13. The molecule has 1 saturated carbocycles. The number of carbonyl (C=O) groups excluding carboxylic acids is 1. The van der Waals surface area contributed by atoms with E-state index in [1.807, 2.05) is 29.2 Å². The van der Waals surface area contributed by atoms with Crippen LogP contribution in [0.4, 0.5) is 0 Å². The number of rotatable bonds is 3. The number of fused-ring (bicyclic) bond motifs is 1. The molecule has 1 aliphatic heterocycles. The highest BCUT2D eigenvalue weighted by Gasteiger charge is 2.42. The van der Waals surface area contributed by atoms with E-state index in [9.17, 15) is 10.1 Å². The molecule has 2 heterocycles. The van der Waals surface area contributed by atoms with Crippen molar-refractivity contribution in [3.8, 4) is 6.07 Å². The van der Waals surface area contributed by atoms with E-state index in [2.05, 4.69) is 18.0 Å². The quantitative estimate of drug-likeness (QED) is 0.924. The number of carbonyl (C=O) groups is 1. The highest BCUT2D eigenvalue weighted by atomic mass is 16.2. The largest absolute Gasteiger partial charge is 0.342 e. The Morgan fingerprint density at radius 1 is 1.38 bits per heavy atom. The van der Waals surface area contributed by atoms with E-state index < -0.39 is 0 Å². The fraction of sp³-hybridized carbons (Fsp3) is 0.476. The molecule has 1 aromatic carbocycles. The number of likely N-dealkylation sites (tertiary alicyclic amines) is 1. The van der Waals surface area contributed by atoms with Gasteiger partial charge in [0, 0.05) is 42.6 Å². The predicted octanol–water partition coefficient (Wildman–Crippen LogP) is 2.94. The second kappa shape index (κ2) is 6.37. The number of piperidine rings is 1. The van der Waals surface area contributed by atoms with Gasteiger partial charge in [0.25, 0.3) is 0 Å². The van der Waals surface area contributed by atoms with Crippen molar-refractivity contribution >= 4 is 16.8 Å². The molecule has 2 fully saturated rings. The summed E-state index contributed by atoms with van der Waals surface area (Å²) >= 11 is 0. The molecule has 0 radical (unpaired) electrons. The smallest absolute Gasteiger partial charge is 0.224 e. The number of benzene rings is 1. The van der Waals surface area contributed by atoms with Gasteiger partial charge in [-0.25, -0.2) is 0 Å². The number of hydrogen-bond acceptors (Lipinski definition) is 4. The summed E-state index contributed by atoms with van der Waals surface area (Å²) in [6, 6.07) is 10.1. The van der Waals surface area contributed by atoms with Gasteiger partial charge in [-0.2, -0.15) is 5.26 Å². The molecule has 2 atom stereocenters. The van der Waals surface area contributed by atoms with Gasteiger partial charge in [0.1, 0.15) is 6.07 Å². The average Bonchev–Trinajstić information content (AvgIpc) is 3.36. The van der Waals surface area contributed by atoms with E-state index in [1.54, 1.807) is 6.20 Å². The van der Waals surface area contributed by atoms with Crippen molar-refractivity contribution in [3.05, 3.63) is 41.6 Å². The van der Waals surface area contributed by atoms with Crippen LogP contribution in [0.3, 0.4) is 0 Å². The first-order valence-electron chi connectivity index (χ1n) is 9.33. The molecule has 2 aromatic rings. The maximum atomic E-state index is 12.7. The first kappa shape index (κ1) is 17.0. The van der Waals surface area contributed by atoms with Crippen LogP contribution in [-0.2, 0) is 4.79 Å². The molecule has 1 amide bonds. The molecular weight excluding hydrogens is 324 g/mol. The van der Waals surface area contributed by atoms with E-state index in [-0.39, 0.29) is 17.4 Å². The Balaban J connectivity index is 1.64. The average molecular weight is 348 g/mol. The van der Waals surface area contributed by atoms with Crippen LogP contribution in [0.5, 0.6) is 0 Å². The number of pyridine rings is 1. The first-order chi connectivity index (χ1) is 12.5. The molecule has 4 rings (SSSR count). The molecule has 1 aromatic heterocycles. The van der Waals surface area contributed by atoms with E-state index in [4.69, 9.17) is 5.73 Å². The SMILES string of the molecule is C[C@H]1CC(c2ccc(C#N)c3ncccc23)CN(C(=O)CC2(N)CC2)C1. The zero-order valence-corrected chi connectivity index (χ0v) is 15.1. The van der Waals surface area contributed by atoms with Crippen molar-refractivity contribution in [1.29, 1.82) is 5.26 Å². The van der Waals surface area contributed by atoms with Crippen LogP contribution in [0, 0.1) is 17.2 Å². The highest BCUT2D eigenvalue weighted by Crippen LogP contribution is 2.38. The third-order valence-corrected chi connectivity index (χ3v) is 5.77. The molecule has 134 valence electrons. The van der Waals surface area contributed by atoms with Crippen LogP contribution < -0.4 is 5.73 Å². The normalized spacial score (nSPS) is 24.3. The predicted molar refractivity (Wildman–Crippen MR) is 100 cm³/mol. The summed E-state index contributed by atoms with van der Waals surface area (Å²) in [5.41, 5.74) is 8.44. The Hall–Kier alpha value is -2.45. The Morgan fingerprint density at radius 3 is 2.92 bits per heavy atom. The van der Waals surface area contributed by atoms with Crippen LogP contribution in [-0.4, -0.2) is 34.4 Å². The molecule has 2 N–H and O–H groups in total. The molecule has 5 nitrogen and oxygen atoms in total. The van der Waals surface area contributed by atoms with E-state index in [1.165, 1.54) is 5.56 Å². The lowest BCUT2D eigenvalue weighted by Gasteiger charge is -2.37. The van der Waals surface area contributed by atoms with Crippen molar-refractivity contribution in [2.75, 3.05) is 13.1 Å². The van der Waals surface area contributed by atoms with Crippen molar-refractivity contribution in [2.45, 2.75) is 44.1 Å². The van der Waals surface area contributed by atoms with Crippen molar-refractivity contribution in [1.82, 2.24) is 9.88 Å². The Morgan fingerprint density at radius 2 is 2.19 bits per heavy atom. The van der Waals surface area contributed by atoms with Gasteiger partial charge < -0.3 is 10.6 Å². The number of nitrogens with two attached hydrogens (primary N) is 1. The van der Waals surface area contributed by atoms with E-state index >= 15 is 0 Å². The Labute approximate surface area is 153 Å². The fourth-order valence-corrected chi connectivity index (χ4v) is 4.17. The molecule has 0 bridgehead atoms. The zero-order chi connectivity index (χ0) is 18.3. The van der Waals surface area contributed by atoms with Gasteiger partial charge in [-0.15, -0.1) is 0 Å². The molecule has 26 heavy (non-hydrogen) atoms. The van der Waals surface area contributed by atoms with Gasteiger partial charge in [0.2, 0.25) is 5.91 Å². The zero-order valence-electron chi connectivity index (χ0n) is 15.1. The summed E-state index contributed by atoms with van der Waals surface area (Å²) < 4.78 is 0. The van der Waals surface area contributed by atoms with Crippen LogP contribution in [0.15, 0.2) is 30.5 Å². The monoisotopic (exact) mass is 348 g/mol. The second-order valence-corrected chi connectivity index (χ2v) is 8.09. The molecule has 5 heteroatoms. The third kappa shape index (κ3) is 3.17. The minimum absolute atomic E-state index is 0.178. The van der Waals surface area contributed by atoms with Crippen LogP contribution in [0.1, 0.15) is 49.7 Å². The lowest BCUT2D eigenvalue weighted by atomic mass is 9.83. The van der Waals surface area contributed by atoms with Gasteiger partial charge in [-0.05, 0) is 42.9 Å². The number of nitrogens with zero attached hydrogens (tertiary/aromatic N) is 3. The van der Waals surface area contributed by atoms with E-state index in [0.717, 1.165) is 43.3 Å².